The molecule has 1 saturated carbocycles. The Kier molecular flexibility index (Phi) is 21.8. The molecule has 454 valence electrons. The van der Waals surface area contributed by atoms with Crippen molar-refractivity contribution in [2.75, 3.05) is 46.4 Å². The first-order valence-electron chi connectivity index (χ1n) is 27.3. The maximum Gasteiger partial charge on any atom is 0.410 e. The first kappa shape index (κ1) is 66.6. The van der Waals surface area contributed by atoms with Crippen LogP contribution in [-0.4, -0.2) is 208 Å². The zero-order valence-corrected chi connectivity index (χ0v) is 49.9. The number of amides is 6. The highest BCUT2D eigenvalue weighted by molar-refractivity contribution is 5.87. The zero-order chi connectivity index (χ0) is 60.0. The number of carbonyl (C=O) groups excluding carboxylic acids is 6. The van der Waals surface area contributed by atoms with Crippen molar-refractivity contribution in [3.8, 4) is 0 Å². The fourth-order valence-electron chi connectivity index (χ4n) is 9.82. The highest BCUT2D eigenvalue weighted by Gasteiger charge is 2.57. The molecule has 1 aliphatic carbocycles. The molecular weight excluding hydrogens is 1030 g/mol. The number of nitrogens with zero attached hydrogens (tertiary/aromatic N) is 2. The standard InChI is InChI=1S/C54H95N7O18/c1-48(2,3)75-43(66)56-23-21-30(62)26-55-27-31-19-20-32(58-44(67)76-49(4,5)6)38(73-31)35-33(59-45(68)77-50(7,8)9)25-34(57-42(65)54(71)22-24-61(28-54)47(70)79-52(13,14)15)39(36(35)63)74-41-37(64)40(53(16,17)29-72-41)60(18)46(69)78-51(10,11)12/h19,30,32-41,55,62-64,71H,20-29H2,1-18H3,(H,56,66)(H,57,65)(H,58,67)(H,59,68). The van der Waals surface area contributed by atoms with Gasteiger partial charge in [0.15, 0.2) is 11.9 Å². The van der Waals surface area contributed by atoms with E-state index in [9.17, 15) is 49.2 Å². The molecule has 25 nitrogen and oxygen atoms in total. The second-order valence-electron chi connectivity index (χ2n) is 26.9. The summed E-state index contributed by atoms with van der Waals surface area (Å²) in [6.07, 6.45) is -11.1. The van der Waals surface area contributed by atoms with Crippen molar-refractivity contribution >= 4 is 36.4 Å². The van der Waals surface area contributed by atoms with E-state index in [-0.39, 0.29) is 58.5 Å². The van der Waals surface area contributed by atoms with Crippen LogP contribution in [0.15, 0.2) is 11.8 Å². The van der Waals surface area contributed by atoms with E-state index >= 15 is 0 Å². The van der Waals surface area contributed by atoms with Gasteiger partial charge in [-0.1, -0.05) is 13.8 Å². The third-order valence-corrected chi connectivity index (χ3v) is 13.0. The Hall–Kier alpha value is -4.92. The Morgan fingerprint density at radius 3 is 1.86 bits per heavy atom. The van der Waals surface area contributed by atoms with E-state index in [1.165, 1.54) is 16.8 Å². The van der Waals surface area contributed by atoms with Crippen molar-refractivity contribution in [2.45, 2.75) is 238 Å². The SMILES string of the molecule is CN(C(=O)OC(C)(C)C)C1C(O)C(OC2C(NC(=O)C3(O)CCN(C(=O)OC(C)(C)C)C3)CC(NC(=O)OC(C)(C)C)C(C3OC(CNCC(O)CCNC(=O)OC(C)(C)C)=CCC3NC(=O)OC(C)(C)C)C2O)OCC1(C)C. The van der Waals surface area contributed by atoms with Gasteiger partial charge in [0.2, 0.25) is 0 Å². The lowest BCUT2D eigenvalue weighted by molar-refractivity contribution is -0.294. The first-order chi connectivity index (χ1) is 36.0. The minimum Gasteiger partial charge on any atom is -0.491 e. The molecule has 3 fully saturated rings. The summed E-state index contributed by atoms with van der Waals surface area (Å²) in [5.41, 5.74) is -7.49. The molecule has 3 heterocycles. The second kappa shape index (κ2) is 25.9. The van der Waals surface area contributed by atoms with Gasteiger partial charge in [0.25, 0.3) is 5.91 Å². The molecule has 0 bridgehead atoms. The van der Waals surface area contributed by atoms with Crippen LogP contribution < -0.4 is 26.6 Å². The molecule has 25 heteroatoms. The molecule has 12 unspecified atom stereocenters. The Labute approximate surface area is 466 Å². The van der Waals surface area contributed by atoms with Gasteiger partial charge in [0.1, 0.15) is 52.1 Å². The molecular formula is C54H95N7O18. The minimum absolute atomic E-state index is 0.0289. The van der Waals surface area contributed by atoms with E-state index in [1.54, 1.807) is 124 Å². The maximum atomic E-state index is 14.6. The van der Waals surface area contributed by atoms with Gasteiger partial charge >= 0.3 is 30.5 Å². The smallest absolute Gasteiger partial charge is 0.410 e. The fraction of sp³-hybridized carbons (Fsp3) is 0.852. The lowest BCUT2D eigenvalue weighted by atomic mass is 9.72. The van der Waals surface area contributed by atoms with Crippen LogP contribution in [0, 0.1) is 11.3 Å². The lowest BCUT2D eigenvalue weighted by Gasteiger charge is -2.52. The van der Waals surface area contributed by atoms with E-state index < -0.39 is 149 Å². The zero-order valence-electron chi connectivity index (χ0n) is 49.9. The highest BCUT2D eigenvalue weighted by atomic mass is 16.7. The summed E-state index contributed by atoms with van der Waals surface area (Å²) in [6, 6.07) is -4.49. The van der Waals surface area contributed by atoms with Crippen molar-refractivity contribution in [1.29, 1.82) is 0 Å². The molecule has 9 N–H and O–H groups in total. The normalized spacial score (nSPS) is 28.9. The van der Waals surface area contributed by atoms with Crippen molar-refractivity contribution in [3.63, 3.8) is 0 Å². The summed E-state index contributed by atoms with van der Waals surface area (Å²) >= 11 is 0. The number of hydrogen-bond acceptors (Lipinski definition) is 19. The number of rotatable bonds is 15. The number of β-amino-alcohol motifs (C(OH)–C–C–N with tert-alkyl or cyclic N) is 1. The number of aliphatic hydroxyl groups is 4. The van der Waals surface area contributed by atoms with Crippen LogP contribution >= 0.6 is 0 Å². The Morgan fingerprint density at radius 2 is 1.30 bits per heavy atom. The average molecular weight is 1130 g/mol. The van der Waals surface area contributed by atoms with Crippen molar-refractivity contribution < 1.29 is 87.1 Å². The van der Waals surface area contributed by atoms with Crippen LogP contribution in [0.25, 0.3) is 0 Å². The van der Waals surface area contributed by atoms with Crippen molar-refractivity contribution in [3.05, 3.63) is 11.8 Å². The summed E-state index contributed by atoms with van der Waals surface area (Å²) in [5.74, 6) is -1.90. The van der Waals surface area contributed by atoms with Crippen LogP contribution in [0.5, 0.6) is 0 Å². The Morgan fingerprint density at radius 1 is 0.759 bits per heavy atom. The fourth-order valence-corrected chi connectivity index (χ4v) is 9.82. The lowest BCUT2D eigenvalue weighted by Crippen LogP contribution is -2.70. The summed E-state index contributed by atoms with van der Waals surface area (Å²) < 4.78 is 47.5. The third-order valence-electron chi connectivity index (χ3n) is 13.0. The number of aliphatic hydroxyl groups excluding tert-OH is 3. The predicted octanol–water partition coefficient (Wildman–Crippen LogP) is 3.91. The third kappa shape index (κ3) is 20.5. The van der Waals surface area contributed by atoms with Gasteiger partial charge in [-0.05, 0) is 129 Å². The van der Waals surface area contributed by atoms with Crippen LogP contribution in [0.2, 0.25) is 0 Å². The molecule has 12 atom stereocenters. The van der Waals surface area contributed by atoms with Gasteiger partial charge in [-0.25, -0.2) is 24.0 Å². The van der Waals surface area contributed by atoms with E-state index in [1.807, 2.05) is 0 Å². The van der Waals surface area contributed by atoms with E-state index in [2.05, 4.69) is 26.6 Å². The second-order valence-corrected chi connectivity index (χ2v) is 26.9. The summed E-state index contributed by atoms with van der Waals surface area (Å²) in [7, 11) is 1.47. The van der Waals surface area contributed by atoms with Gasteiger partial charge in [0, 0.05) is 50.5 Å². The van der Waals surface area contributed by atoms with E-state index in [4.69, 9.17) is 37.9 Å². The number of likely N-dealkylation sites (tertiary alicyclic amines) is 1. The number of nitrogens with one attached hydrogen (secondary N) is 5. The van der Waals surface area contributed by atoms with Gasteiger partial charge in [-0.2, -0.15) is 0 Å². The van der Waals surface area contributed by atoms with Crippen LogP contribution in [0.1, 0.15) is 143 Å². The largest absolute Gasteiger partial charge is 0.491 e. The van der Waals surface area contributed by atoms with Crippen molar-refractivity contribution in [1.82, 2.24) is 36.4 Å². The van der Waals surface area contributed by atoms with Crippen LogP contribution in [-0.2, 0) is 42.7 Å². The van der Waals surface area contributed by atoms with Crippen LogP contribution in [0.4, 0.5) is 24.0 Å². The number of alkyl carbamates (subject to hydrolysis) is 3. The molecule has 3 aliphatic heterocycles. The minimum atomic E-state index is -2.17. The summed E-state index contributed by atoms with van der Waals surface area (Å²) in [4.78, 5) is 83.5. The molecule has 79 heavy (non-hydrogen) atoms. The Bertz CT molecular complexity index is 2140. The monoisotopic (exact) mass is 1130 g/mol. The van der Waals surface area contributed by atoms with E-state index in [0.717, 1.165) is 0 Å². The summed E-state index contributed by atoms with van der Waals surface area (Å²) in [6.45, 7) is 28.6. The molecule has 4 aliphatic rings. The molecule has 0 aromatic carbocycles. The molecule has 0 aromatic rings. The number of likely N-dealkylation sites (N-methyl/N-ethyl adjacent to an activating group) is 1. The topological polar surface area (TPSA) is 324 Å². The number of ether oxygens (including phenoxy) is 8. The maximum absolute atomic E-state index is 14.6. The Balaban J connectivity index is 1.79. The van der Waals surface area contributed by atoms with Gasteiger partial charge in [-0.15, -0.1) is 0 Å². The average Bonchev–Trinajstić information content (AvgIpc) is 3.66. The molecule has 4 rings (SSSR count). The van der Waals surface area contributed by atoms with Gasteiger partial charge < -0.3 is 94.7 Å². The quantitative estimate of drug-likeness (QED) is 0.105. The molecule has 0 spiro atoms. The molecule has 6 amide bonds. The van der Waals surface area contributed by atoms with E-state index in [0.29, 0.717) is 5.76 Å². The first-order valence-corrected chi connectivity index (χ1v) is 27.3. The number of carbonyl (C=O) groups is 6. The van der Waals surface area contributed by atoms with Crippen molar-refractivity contribution in [2.24, 2.45) is 11.3 Å². The molecule has 0 aromatic heterocycles. The van der Waals surface area contributed by atoms with Crippen LogP contribution in [0.3, 0.4) is 0 Å². The number of hydrogen-bond donors (Lipinski definition) is 9. The van der Waals surface area contributed by atoms with Gasteiger partial charge in [-0.3, -0.25) is 4.79 Å². The predicted molar refractivity (Wildman–Crippen MR) is 287 cm³/mol. The van der Waals surface area contributed by atoms with Gasteiger partial charge in [0.05, 0.1) is 50.0 Å². The molecule has 2 saturated heterocycles. The molecule has 0 radical (unpaired) electrons. The highest BCUT2D eigenvalue weighted by Crippen LogP contribution is 2.41. The summed E-state index contributed by atoms with van der Waals surface area (Å²) in [5, 5.41) is 62.5.